The largest absolute Gasteiger partial charge is 0.494 e. The van der Waals surface area contributed by atoms with Gasteiger partial charge >= 0.3 is 0 Å². The number of aryl methyl sites for hydroxylation is 2. The molecule has 1 aliphatic rings. The second-order valence-corrected chi connectivity index (χ2v) is 7.85. The van der Waals surface area contributed by atoms with E-state index >= 15 is 0 Å². The first-order valence-corrected chi connectivity index (χ1v) is 9.82. The molecule has 7 nitrogen and oxygen atoms in total. The normalized spacial score (nSPS) is 14.1. The number of methoxy groups -OCH3 is 1. The fraction of sp³-hybridized carbons (Fsp3) is 0.412. The van der Waals surface area contributed by atoms with E-state index in [1.54, 1.807) is 6.07 Å². The molecule has 0 saturated carbocycles. The molecule has 1 heterocycles. The highest BCUT2D eigenvalue weighted by molar-refractivity contribution is 7.89. The number of hydrogen-bond acceptors (Lipinski definition) is 5. The lowest BCUT2D eigenvalue weighted by Crippen LogP contribution is -2.33. The SMILES string of the molecule is COc1ccc(S(=O)(=O)NCCn2nc3c(cc2=O)CCCC3)cc1F. The highest BCUT2D eigenvalue weighted by Crippen LogP contribution is 2.20. The van der Waals surface area contributed by atoms with Gasteiger partial charge in [0.25, 0.3) is 5.56 Å². The zero-order valence-electron chi connectivity index (χ0n) is 14.4. The number of ether oxygens (including phenoxy) is 1. The van der Waals surface area contributed by atoms with Crippen LogP contribution in [0, 0.1) is 5.82 Å². The minimum Gasteiger partial charge on any atom is -0.494 e. The molecule has 0 saturated heterocycles. The van der Waals surface area contributed by atoms with Crippen molar-refractivity contribution in [1.82, 2.24) is 14.5 Å². The Balaban J connectivity index is 1.69. The number of rotatable bonds is 6. The summed E-state index contributed by atoms with van der Waals surface area (Å²) in [6, 6.07) is 4.98. The third-order valence-electron chi connectivity index (χ3n) is 4.32. The van der Waals surface area contributed by atoms with Gasteiger partial charge in [0.15, 0.2) is 11.6 Å². The number of benzene rings is 1. The summed E-state index contributed by atoms with van der Waals surface area (Å²) in [7, 11) is -2.60. The monoisotopic (exact) mass is 381 g/mol. The smallest absolute Gasteiger partial charge is 0.267 e. The van der Waals surface area contributed by atoms with Crippen molar-refractivity contribution >= 4 is 10.0 Å². The van der Waals surface area contributed by atoms with Gasteiger partial charge in [0.05, 0.1) is 24.2 Å². The molecule has 0 aliphatic heterocycles. The summed E-state index contributed by atoms with van der Waals surface area (Å²) in [6.45, 7) is 0.0751. The van der Waals surface area contributed by atoms with E-state index in [-0.39, 0.29) is 29.3 Å². The predicted octanol–water partition coefficient (Wildman–Crippen LogP) is 1.25. The number of halogens is 1. The average Bonchev–Trinajstić information content (AvgIpc) is 2.62. The zero-order valence-corrected chi connectivity index (χ0v) is 15.2. The summed E-state index contributed by atoms with van der Waals surface area (Å²) in [5, 5.41) is 4.33. The van der Waals surface area contributed by atoms with Crippen LogP contribution in [0.15, 0.2) is 34.0 Å². The summed E-state index contributed by atoms with van der Waals surface area (Å²) < 4.78 is 46.6. The van der Waals surface area contributed by atoms with E-state index in [1.165, 1.54) is 23.9 Å². The molecule has 3 rings (SSSR count). The molecule has 0 spiro atoms. The van der Waals surface area contributed by atoms with Crippen molar-refractivity contribution in [2.75, 3.05) is 13.7 Å². The molecule has 2 aromatic rings. The van der Waals surface area contributed by atoms with Crippen LogP contribution in [0.3, 0.4) is 0 Å². The second-order valence-electron chi connectivity index (χ2n) is 6.08. The summed E-state index contributed by atoms with van der Waals surface area (Å²) in [4.78, 5) is 11.9. The van der Waals surface area contributed by atoms with Crippen LogP contribution >= 0.6 is 0 Å². The number of sulfonamides is 1. The Morgan fingerprint density at radius 2 is 2.04 bits per heavy atom. The van der Waals surface area contributed by atoms with Gasteiger partial charge < -0.3 is 4.74 Å². The third-order valence-corrected chi connectivity index (χ3v) is 5.78. The van der Waals surface area contributed by atoms with Crippen molar-refractivity contribution in [2.45, 2.75) is 37.1 Å². The summed E-state index contributed by atoms with van der Waals surface area (Å²) in [5.41, 5.74) is 1.63. The Labute approximate surface area is 150 Å². The summed E-state index contributed by atoms with van der Waals surface area (Å²) >= 11 is 0. The Hall–Kier alpha value is -2.26. The van der Waals surface area contributed by atoms with E-state index < -0.39 is 15.8 Å². The van der Waals surface area contributed by atoms with Crippen LogP contribution in [-0.2, 0) is 29.4 Å². The van der Waals surface area contributed by atoms with Gasteiger partial charge in [-0.1, -0.05) is 0 Å². The molecule has 0 fully saturated rings. The molecule has 0 atom stereocenters. The van der Waals surface area contributed by atoms with E-state index in [1.807, 2.05) is 0 Å². The molecule has 1 aromatic heterocycles. The molecular weight excluding hydrogens is 361 g/mol. The van der Waals surface area contributed by atoms with Gasteiger partial charge in [0.2, 0.25) is 10.0 Å². The lowest BCUT2D eigenvalue weighted by Gasteiger charge is -2.16. The van der Waals surface area contributed by atoms with Crippen LogP contribution in [0.1, 0.15) is 24.1 Å². The number of nitrogens with zero attached hydrogens (tertiary/aromatic N) is 2. The van der Waals surface area contributed by atoms with E-state index in [9.17, 15) is 17.6 Å². The molecule has 1 aromatic carbocycles. The Morgan fingerprint density at radius 3 is 2.77 bits per heavy atom. The highest BCUT2D eigenvalue weighted by Gasteiger charge is 2.17. The first-order chi connectivity index (χ1) is 12.4. The van der Waals surface area contributed by atoms with Crippen molar-refractivity contribution in [3.8, 4) is 5.75 Å². The highest BCUT2D eigenvalue weighted by atomic mass is 32.2. The van der Waals surface area contributed by atoms with E-state index in [2.05, 4.69) is 9.82 Å². The summed E-state index contributed by atoms with van der Waals surface area (Å²) in [6.07, 6.45) is 3.77. The van der Waals surface area contributed by atoms with Crippen molar-refractivity contribution in [2.24, 2.45) is 0 Å². The maximum atomic E-state index is 13.7. The Morgan fingerprint density at radius 1 is 1.27 bits per heavy atom. The molecule has 0 amide bonds. The van der Waals surface area contributed by atoms with Crippen molar-refractivity contribution in [1.29, 1.82) is 0 Å². The maximum Gasteiger partial charge on any atom is 0.267 e. The van der Waals surface area contributed by atoms with Crippen LogP contribution in [-0.4, -0.2) is 31.9 Å². The number of hydrogen-bond donors (Lipinski definition) is 1. The molecule has 1 N–H and O–H groups in total. The molecule has 0 radical (unpaired) electrons. The standard InChI is InChI=1S/C17H20FN3O4S/c1-25-16-7-6-13(11-14(16)18)26(23,24)19-8-9-21-17(22)10-12-4-2-3-5-15(12)20-21/h6-7,10-11,19H,2-5,8-9H2,1H3. The van der Waals surface area contributed by atoms with Gasteiger partial charge in [0, 0.05) is 12.6 Å². The van der Waals surface area contributed by atoms with Crippen molar-refractivity contribution in [3.63, 3.8) is 0 Å². The third kappa shape index (κ3) is 3.94. The predicted molar refractivity (Wildman–Crippen MR) is 93.3 cm³/mol. The van der Waals surface area contributed by atoms with E-state index in [0.29, 0.717) is 0 Å². The Kier molecular flexibility index (Phi) is 5.38. The van der Waals surface area contributed by atoms with Gasteiger partial charge in [-0.15, -0.1) is 0 Å². The molecule has 1 aliphatic carbocycles. The molecule has 140 valence electrons. The average molecular weight is 381 g/mol. The van der Waals surface area contributed by atoms with Crippen molar-refractivity contribution < 1.29 is 17.5 Å². The second kappa shape index (κ2) is 7.55. The zero-order chi connectivity index (χ0) is 18.7. The first kappa shape index (κ1) is 18.5. The minimum atomic E-state index is -3.90. The topological polar surface area (TPSA) is 90.3 Å². The van der Waals surface area contributed by atoms with Gasteiger partial charge in [-0.05, 0) is 49.4 Å². The lowest BCUT2D eigenvalue weighted by molar-refractivity contribution is 0.385. The number of nitrogens with one attached hydrogen (secondary N) is 1. The lowest BCUT2D eigenvalue weighted by atomic mass is 9.97. The van der Waals surface area contributed by atoms with Crippen LogP contribution in [0.25, 0.3) is 0 Å². The summed E-state index contributed by atoms with van der Waals surface area (Å²) in [5.74, 6) is -0.795. The van der Waals surface area contributed by atoms with Crippen LogP contribution < -0.4 is 15.0 Å². The van der Waals surface area contributed by atoms with Gasteiger partial charge in [-0.25, -0.2) is 22.2 Å². The first-order valence-electron chi connectivity index (χ1n) is 8.34. The fourth-order valence-corrected chi connectivity index (χ4v) is 3.98. The molecule has 0 unspecified atom stereocenters. The number of fused-ring (bicyclic) bond motifs is 1. The van der Waals surface area contributed by atoms with Crippen molar-refractivity contribution in [3.05, 3.63) is 51.7 Å². The van der Waals surface area contributed by atoms with Crippen LogP contribution in [0.4, 0.5) is 4.39 Å². The molecule has 9 heteroatoms. The molecular formula is C17H20FN3O4S. The van der Waals surface area contributed by atoms with Gasteiger partial charge in [-0.3, -0.25) is 4.79 Å². The molecule has 0 bridgehead atoms. The maximum absolute atomic E-state index is 13.7. The number of aromatic nitrogens is 2. The quantitative estimate of drug-likeness (QED) is 0.813. The van der Waals surface area contributed by atoms with E-state index in [4.69, 9.17) is 4.74 Å². The van der Waals surface area contributed by atoms with Crippen LogP contribution in [0.5, 0.6) is 5.75 Å². The molecule has 26 heavy (non-hydrogen) atoms. The van der Waals surface area contributed by atoms with Gasteiger partial charge in [-0.2, -0.15) is 5.10 Å². The van der Waals surface area contributed by atoms with E-state index in [0.717, 1.165) is 43.0 Å². The van der Waals surface area contributed by atoms with Gasteiger partial charge in [0.1, 0.15) is 0 Å². The van der Waals surface area contributed by atoms with Crippen LogP contribution in [0.2, 0.25) is 0 Å². The minimum absolute atomic E-state index is 0.0261. The Bertz CT molecular complexity index is 972. The fourth-order valence-electron chi connectivity index (χ4n) is 2.94.